The van der Waals surface area contributed by atoms with E-state index in [0.717, 1.165) is 0 Å². The van der Waals surface area contributed by atoms with Gasteiger partial charge in [0.05, 0.1) is 43.5 Å². The smallest absolute Gasteiger partial charge is 0.0773 e. The zero-order valence-electron chi connectivity index (χ0n) is 8.64. The van der Waals surface area contributed by atoms with E-state index in [-0.39, 0.29) is 33.2 Å². The molecule has 0 fully saturated rings. The molecule has 0 saturated carbocycles. The highest BCUT2D eigenvalue weighted by Crippen LogP contribution is 2.41. The zero-order valence-corrected chi connectivity index (χ0v) is 13.3. The fraction of sp³-hybridized carbons (Fsp3) is 0.200. The molecule has 2 nitrogen and oxygen atoms in total. The molecule has 1 aromatic carbocycles. The highest BCUT2D eigenvalue weighted by atomic mass is 35.5. The van der Waals surface area contributed by atoms with Crippen LogP contribution in [0.1, 0.15) is 11.1 Å². The van der Waals surface area contributed by atoms with Gasteiger partial charge < -0.3 is 0 Å². The summed E-state index contributed by atoms with van der Waals surface area (Å²) in [5.74, 6) is 0. The summed E-state index contributed by atoms with van der Waals surface area (Å²) in [6, 6.07) is 0. The van der Waals surface area contributed by atoms with E-state index < -0.39 is 0 Å². The third-order valence-electron chi connectivity index (χ3n) is 2.05. The predicted molar refractivity (Wildman–Crippen MR) is 83.9 cm³/mol. The number of isothiocyanates is 2. The summed E-state index contributed by atoms with van der Waals surface area (Å²) < 4.78 is 0. The monoisotopic (exact) mass is 356 g/mol. The van der Waals surface area contributed by atoms with E-state index in [4.69, 9.17) is 46.4 Å². The molecule has 0 heterocycles. The van der Waals surface area contributed by atoms with E-state index in [0.29, 0.717) is 11.1 Å². The van der Waals surface area contributed by atoms with Crippen LogP contribution in [-0.2, 0) is 13.1 Å². The highest BCUT2D eigenvalue weighted by molar-refractivity contribution is 7.78. The highest BCUT2D eigenvalue weighted by Gasteiger charge is 2.19. The standard InChI is InChI=1S/C10H4Cl4N2S2/c11-7-5(1-15-3-17)8(12)10(14)6(9(7)13)2-16-4-18/h1-2H2. The molecule has 0 radical (unpaired) electrons. The van der Waals surface area contributed by atoms with Crippen LogP contribution in [0.3, 0.4) is 0 Å². The molecular weight excluding hydrogens is 354 g/mol. The maximum absolute atomic E-state index is 6.11. The number of rotatable bonds is 4. The van der Waals surface area contributed by atoms with Gasteiger partial charge in [-0.3, -0.25) is 0 Å². The molecular formula is C10H4Cl4N2S2. The van der Waals surface area contributed by atoms with Gasteiger partial charge in [0, 0.05) is 11.1 Å². The fourth-order valence-corrected chi connectivity index (χ4v) is 2.52. The van der Waals surface area contributed by atoms with Crippen LogP contribution in [0, 0.1) is 0 Å². The lowest BCUT2D eigenvalue weighted by Crippen LogP contribution is -1.95. The molecule has 94 valence electrons. The van der Waals surface area contributed by atoms with Crippen molar-refractivity contribution in [3.8, 4) is 0 Å². The van der Waals surface area contributed by atoms with Crippen LogP contribution >= 0.6 is 70.8 Å². The lowest BCUT2D eigenvalue weighted by atomic mass is 10.1. The second-order valence-corrected chi connectivity index (χ2v) is 4.91. The van der Waals surface area contributed by atoms with Gasteiger partial charge in [-0.15, -0.1) is 0 Å². The molecule has 0 N–H and O–H groups in total. The third kappa shape index (κ3) is 3.51. The molecule has 0 bridgehead atoms. The van der Waals surface area contributed by atoms with Crippen LogP contribution in [0.25, 0.3) is 0 Å². The van der Waals surface area contributed by atoms with Crippen molar-refractivity contribution in [3.63, 3.8) is 0 Å². The summed E-state index contributed by atoms with van der Waals surface area (Å²) in [6.45, 7) is 0.328. The van der Waals surface area contributed by atoms with Gasteiger partial charge in [0.1, 0.15) is 0 Å². The molecule has 0 aliphatic rings. The number of aliphatic imine (C=N–C) groups is 2. The van der Waals surface area contributed by atoms with Crippen molar-refractivity contribution in [1.82, 2.24) is 0 Å². The minimum absolute atomic E-state index is 0.164. The first kappa shape index (κ1) is 16.0. The average molecular weight is 358 g/mol. The van der Waals surface area contributed by atoms with Gasteiger partial charge in [0.25, 0.3) is 0 Å². The van der Waals surface area contributed by atoms with Gasteiger partial charge in [0.15, 0.2) is 0 Å². The minimum Gasteiger partial charge on any atom is -0.228 e. The SMILES string of the molecule is S=C=NCc1c(Cl)c(Cl)c(CN=C=S)c(Cl)c1Cl. The van der Waals surface area contributed by atoms with Gasteiger partial charge in [-0.05, 0) is 24.4 Å². The first-order valence-corrected chi connectivity index (χ1v) is 6.78. The zero-order chi connectivity index (χ0) is 13.7. The van der Waals surface area contributed by atoms with Crippen LogP contribution < -0.4 is 0 Å². The second kappa shape index (κ2) is 7.54. The van der Waals surface area contributed by atoms with E-state index in [9.17, 15) is 0 Å². The Hall–Kier alpha value is -0.0200. The number of hydrogen-bond donors (Lipinski definition) is 0. The van der Waals surface area contributed by atoms with Crippen molar-refractivity contribution in [2.75, 3.05) is 0 Å². The lowest BCUT2D eigenvalue weighted by molar-refractivity contribution is 1.05. The molecule has 0 spiro atoms. The van der Waals surface area contributed by atoms with Crippen molar-refractivity contribution in [2.24, 2.45) is 9.98 Å². The maximum Gasteiger partial charge on any atom is 0.0773 e. The molecule has 0 amide bonds. The van der Waals surface area contributed by atoms with E-state index in [1.54, 1.807) is 0 Å². The van der Waals surface area contributed by atoms with Gasteiger partial charge in [0.2, 0.25) is 0 Å². The van der Waals surface area contributed by atoms with Gasteiger partial charge >= 0.3 is 0 Å². The molecule has 8 heteroatoms. The number of hydrogen-bond acceptors (Lipinski definition) is 4. The van der Waals surface area contributed by atoms with Gasteiger partial charge in [-0.2, -0.15) is 0 Å². The van der Waals surface area contributed by atoms with Crippen LogP contribution in [0.4, 0.5) is 0 Å². The molecule has 1 rings (SSSR count). The average Bonchev–Trinajstić information content (AvgIpc) is 2.37. The third-order valence-corrected chi connectivity index (χ3v) is 4.17. The Morgan fingerprint density at radius 3 is 1.22 bits per heavy atom. The summed E-state index contributed by atoms with van der Waals surface area (Å²) >= 11 is 33.4. The predicted octanol–water partition coefficient (Wildman–Crippen LogP) is 5.51. The minimum atomic E-state index is 0.164. The normalized spacial score (nSPS) is 9.56. The van der Waals surface area contributed by atoms with Crippen molar-refractivity contribution in [2.45, 2.75) is 13.1 Å². The van der Waals surface area contributed by atoms with Crippen LogP contribution in [0.2, 0.25) is 20.1 Å². The van der Waals surface area contributed by atoms with Crippen molar-refractivity contribution in [1.29, 1.82) is 0 Å². The Morgan fingerprint density at radius 2 is 1.00 bits per heavy atom. The summed E-state index contributed by atoms with van der Waals surface area (Å²) in [6.07, 6.45) is 0. The second-order valence-electron chi connectivity index (χ2n) is 3.03. The molecule has 0 aromatic heterocycles. The summed E-state index contributed by atoms with van der Waals surface area (Å²) in [7, 11) is 0. The quantitative estimate of drug-likeness (QED) is 0.403. The van der Waals surface area contributed by atoms with Crippen molar-refractivity contribution >= 4 is 81.2 Å². The van der Waals surface area contributed by atoms with Crippen LogP contribution in [0.5, 0.6) is 0 Å². The number of thiocarbonyl (C=S) groups is 2. The Labute approximate surface area is 135 Å². The molecule has 1 aromatic rings. The molecule has 0 atom stereocenters. The number of benzene rings is 1. The molecule has 0 saturated heterocycles. The van der Waals surface area contributed by atoms with E-state index in [2.05, 4.69) is 44.7 Å². The van der Waals surface area contributed by atoms with Crippen LogP contribution in [-0.4, -0.2) is 10.3 Å². The van der Waals surface area contributed by atoms with E-state index in [1.165, 1.54) is 0 Å². The molecule has 0 unspecified atom stereocenters. The van der Waals surface area contributed by atoms with E-state index in [1.807, 2.05) is 0 Å². The maximum atomic E-state index is 6.11. The number of nitrogens with zero attached hydrogens (tertiary/aromatic N) is 2. The molecule has 18 heavy (non-hydrogen) atoms. The van der Waals surface area contributed by atoms with Crippen molar-refractivity contribution < 1.29 is 0 Å². The first-order valence-electron chi connectivity index (χ1n) is 4.45. The van der Waals surface area contributed by atoms with Gasteiger partial charge in [-0.1, -0.05) is 46.4 Å². The Balaban J connectivity index is 3.43. The van der Waals surface area contributed by atoms with E-state index >= 15 is 0 Å². The number of halogens is 4. The van der Waals surface area contributed by atoms with Crippen LogP contribution in [0.15, 0.2) is 9.98 Å². The Kier molecular flexibility index (Phi) is 6.72. The lowest BCUT2D eigenvalue weighted by Gasteiger charge is -2.12. The Morgan fingerprint density at radius 1 is 0.722 bits per heavy atom. The Bertz CT molecular complexity index is 496. The van der Waals surface area contributed by atoms with Gasteiger partial charge in [-0.25, -0.2) is 9.98 Å². The topological polar surface area (TPSA) is 24.7 Å². The largest absolute Gasteiger partial charge is 0.228 e. The fourth-order valence-electron chi connectivity index (χ4n) is 1.22. The summed E-state index contributed by atoms with van der Waals surface area (Å²) in [5, 5.41) is 5.53. The molecule has 0 aliphatic heterocycles. The summed E-state index contributed by atoms with van der Waals surface area (Å²) in [5.41, 5.74) is 1.00. The van der Waals surface area contributed by atoms with Crippen molar-refractivity contribution in [3.05, 3.63) is 31.2 Å². The molecule has 0 aliphatic carbocycles. The first-order chi connectivity index (χ1) is 8.54. The summed E-state index contributed by atoms with van der Waals surface area (Å²) in [4.78, 5) is 7.53.